The monoisotopic (exact) mass is 477 g/mol. The predicted octanol–water partition coefficient (Wildman–Crippen LogP) is 7.25. The molecule has 4 rings (SSSR count). The molecule has 6 heteroatoms. The number of rotatable bonds is 7. The molecule has 1 aliphatic carbocycles. The summed E-state index contributed by atoms with van der Waals surface area (Å²) in [7, 11) is 1.67. The van der Waals surface area contributed by atoms with E-state index < -0.39 is 0 Å². The van der Waals surface area contributed by atoms with Gasteiger partial charge in [0.2, 0.25) is 0 Å². The summed E-state index contributed by atoms with van der Waals surface area (Å²) in [5.74, 6) is 2.46. The minimum absolute atomic E-state index is 0.0558. The van der Waals surface area contributed by atoms with Gasteiger partial charge >= 0.3 is 0 Å². The number of ether oxygens (including phenoxy) is 1. The highest BCUT2D eigenvalue weighted by Crippen LogP contribution is 2.37. The normalized spacial score (nSPS) is 14.9. The van der Waals surface area contributed by atoms with E-state index in [0.717, 1.165) is 40.7 Å². The van der Waals surface area contributed by atoms with Crippen molar-refractivity contribution in [3.05, 3.63) is 59.2 Å². The lowest BCUT2D eigenvalue weighted by atomic mass is 9.86. The first kappa shape index (κ1) is 24.5. The van der Waals surface area contributed by atoms with Gasteiger partial charge in [-0.05, 0) is 48.9 Å². The number of ketones is 1. The number of Topliss-reactive ketones (excluding diaryl/α,β-unsaturated/α-hetero) is 1. The maximum Gasteiger partial charge on any atom is 0.192 e. The SMILES string of the molecule is COc1ccc(C(C)=O)cc1CSc1nnc(-c2ccc(C(C)(C)C)cc2)n1C1CCCCC1. The van der Waals surface area contributed by atoms with Gasteiger partial charge in [0.25, 0.3) is 0 Å². The van der Waals surface area contributed by atoms with Crippen molar-refractivity contribution in [1.82, 2.24) is 14.8 Å². The van der Waals surface area contributed by atoms with Gasteiger partial charge in [-0.3, -0.25) is 9.36 Å². The third-order valence-corrected chi connectivity index (χ3v) is 7.65. The molecule has 0 unspecified atom stereocenters. The van der Waals surface area contributed by atoms with Gasteiger partial charge in [0.1, 0.15) is 5.75 Å². The van der Waals surface area contributed by atoms with E-state index in [0.29, 0.717) is 17.4 Å². The molecule has 0 spiro atoms. The predicted molar refractivity (Wildman–Crippen MR) is 139 cm³/mol. The van der Waals surface area contributed by atoms with Crippen molar-refractivity contribution < 1.29 is 9.53 Å². The van der Waals surface area contributed by atoms with Gasteiger partial charge in [0.05, 0.1) is 7.11 Å². The quantitative estimate of drug-likeness (QED) is 0.265. The lowest BCUT2D eigenvalue weighted by molar-refractivity contribution is 0.101. The molecule has 34 heavy (non-hydrogen) atoms. The zero-order valence-corrected chi connectivity index (χ0v) is 21.7. The highest BCUT2D eigenvalue weighted by Gasteiger charge is 2.24. The average Bonchev–Trinajstić information content (AvgIpc) is 3.26. The van der Waals surface area contributed by atoms with Crippen molar-refractivity contribution in [2.24, 2.45) is 0 Å². The summed E-state index contributed by atoms with van der Waals surface area (Å²) in [5.41, 5.74) is 4.23. The fourth-order valence-corrected chi connectivity index (χ4v) is 5.60. The number of nitrogens with zero attached hydrogens (tertiary/aromatic N) is 3. The second kappa shape index (κ2) is 10.3. The van der Waals surface area contributed by atoms with Crippen LogP contribution in [0.4, 0.5) is 0 Å². The van der Waals surface area contributed by atoms with Crippen molar-refractivity contribution in [1.29, 1.82) is 0 Å². The molecule has 0 bridgehead atoms. The average molecular weight is 478 g/mol. The Balaban J connectivity index is 1.66. The number of hydrogen-bond donors (Lipinski definition) is 0. The molecular weight excluding hydrogens is 442 g/mol. The highest BCUT2D eigenvalue weighted by atomic mass is 32.2. The highest BCUT2D eigenvalue weighted by molar-refractivity contribution is 7.98. The van der Waals surface area contributed by atoms with Crippen LogP contribution in [0.25, 0.3) is 11.4 Å². The Bertz CT molecular complexity index is 1140. The molecule has 0 radical (unpaired) electrons. The Morgan fingerprint density at radius 1 is 1.06 bits per heavy atom. The van der Waals surface area contributed by atoms with Crippen LogP contribution in [-0.4, -0.2) is 27.7 Å². The standard InChI is InChI=1S/C28H35N3O2S/c1-19(32)21-13-16-25(33-5)22(17-21)18-34-27-30-29-26(31(27)24-9-7-6-8-10-24)20-11-14-23(15-12-20)28(2,3)4/h11-17,24H,6-10,18H2,1-5H3. The van der Waals surface area contributed by atoms with Crippen molar-refractivity contribution in [2.75, 3.05) is 7.11 Å². The number of benzene rings is 2. The van der Waals surface area contributed by atoms with Crippen LogP contribution in [0.15, 0.2) is 47.6 Å². The van der Waals surface area contributed by atoms with Gasteiger partial charge in [-0.15, -0.1) is 10.2 Å². The van der Waals surface area contributed by atoms with Crippen LogP contribution < -0.4 is 4.74 Å². The van der Waals surface area contributed by atoms with Crippen molar-refractivity contribution in [3.63, 3.8) is 0 Å². The minimum Gasteiger partial charge on any atom is -0.496 e. The lowest BCUT2D eigenvalue weighted by Crippen LogP contribution is -2.15. The number of hydrogen-bond acceptors (Lipinski definition) is 5. The summed E-state index contributed by atoms with van der Waals surface area (Å²) in [4.78, 5) is 11.9. The van der Waals surface area contributed by atoms with E-state index in [9.17, 15) is 4.79 Å². The molecule has 0 saturated heterocycles. The summed E-state index contributed by atoms with van der Waals surface area (Å²) < 4.78 is 7.92. The van der Waals surface area contributed by atoms with Crippen LogP contribution in [0.5, 0.6) is 5.75 Å². The van der Waals surface area contributed by atoms with Crippen molar-refractivity contribution in [2.45, 2.75) is 82.2 Å². The topological polar surface area (TPSA) is 57.0 Å². The minimum atomic E-state index is 0.0558. The molecule has 0 aliphatic heterocycles. The number of methoxy groups -OCH3 is 1. The van der Waals surface area contributed by atoms with Crippen LogP contribution in [-0.2, 0) is 11.2 Å². The van der Waals surface area contributed by atoms with Crippen LogP contribution in [0.1, 0.15) is 87.3 Å². The Morgan fingerprint density at radius 3 is 2.38 bits per heavy atom. The summed E-state index contributed by atoms with van der Waals surface area (Å²) in [5, 5.41) is 10.2. The molecule has 1 fully saturated rings. The number of carbonyl (C=O) groups is 1. The number of aromatic nitrogens is 3. The first-order valence-electron chi connectivity index (χ1n) is 12.1. The fourth-order valence-electron chi connectivity index (χ4n) is 4.61. The van der Waals surface area contributed by atoms with Crippen LogP contribution in [0, 0.1) is 0 Å². The van der Waals surface area contributed by atoms with Gasteiger partial charge in [-0.25, -0.2) is 0 Å². The smallest absolute Gasteiger partial charge is 0.192 e. The summed E-state index contributed by atoms with van der Waals surface area (Å²) in [6, 6.07) is 14.8. The fraction of sp³-hybridized carbons (Fsp3) is 0.464. The summed E-state index contributed by atoms with van der Waals surface area (Å²) >= 11 is 1.66. The van der Waals surface area contributed by atoms with E-state index >= 15 is 0 Å². The largest absolute Gasteiger partial charge is 0.496 e. The van der Waals surface area contributed by atoms with Crippen LogP contribution in [0.3, 0.4) is 0 Å². The second-order valence-corrected chi connectivity index (χ2v) is 11.1. The van der Waals surface area contributed by atoms with Gasteiger partial charge in [-0.1, -0.05) is 76.1 Å². The van der Waals surface area contributed by atoms with Crippen molar-refractivity contribution in [3.8, 4) is 17.1 Å². The zero-order chi connectivity index (χ0) is 24.3. The first-order valence-corrected chi connectivity index (χ1v) is 13.1. The van der Waals surface area contributed by atoms with Gasteiger partial charge in [-0.2, -0.15) is 0 Å². The summed E-state index contributed by atoms with van der Waals surface area (Å²) in [6.45, 7) is 8.29. The maximum absolute atomic E-state index is 11.9. The summed E-state index contributed by atoms with van der Waals surface area (Å²) in [6.07, 6.45) is 6.09. The molecule has 1 aromatic heterocycles. The molecule has 5 nitrogen and oxygen atoms in total. The molecule has 1 aliphatic rings. The van der Waals surface area contributed by atoms with E-state index in [1.807, 2.05) is 18.2 Å². The molecule has 2 aromatic carbocycles. The maximum atomic E-state index is 11.9. The molecule has 0 atom stereocenters. The third kappa shape index (κ3) is 5.38. The van der Waals surface area contributed by atoms with E-state index in [4.69, 9.17) is 4.74 Å². The third-order valence-electron chi connectivity index (χ3n) is 6.66. The second-order valence-electron chi connectivity index (χ2n) is 10.2. The molecule has 3 aromatic rings. The van der Waals surface area contributed by atoms with Crippen LogP contribution >= 0.6 is 11.8 Å². The Kier molecular flexibility index (Phi) is 7.46. The molecule has 1 heterocycles. The molecule has 1 saturated carbocycles. The Labute approximate surface area is 207 Å². The Hall–Kier alpha value is -2.60. The molecule has 180 valence electrons. The van der Waals surface area contributed by atoms with Crippen LogP contribution in [0.2, 0.25) is 0 Å². The molecule has 0 amide bonds. The molecule has 0 N–H and O–H groups in total. The van der Waals surface area contributed by atoms with E-state index in [1.165, 1.54) is 24.8 Å². The van der Waals surface area contributed by atoms with Gasteiger partial charge in [0, 0.05) is 28.5 Å². The van der Waals surface area contributed by atoms with E-state index in [1.54, 1.807) is 25.8 Å². The van der Waals surface area contributed by atoms with Gasteiger partial charge < -0.3 is 4.74 Å². The number of thioether (sulfide) groups is 1. The van der Waals surface area contributed by atoms with Crippen molar-refractivity contribution >= 4 is 17.5 Å². The Morgan fingerprint density at radius 2 is 1.76 bits per heavy atom. The molecular formula is C28H35N3O2S. The zero-order valence-electron chi connectivity index (χ0n) is 20.9. The lowest BCUT2D eigenvalue weighted by Gasteiger charge is -2.26. The van der Waals surface area contributed by atoms with Gasteiger partial charge in [0.15, 0.2) is 16.8 Å². The first-order chi connectivity index (χ1) is 16.3. The number of carbonyl (C=O) groups excluding carboxylic acids is 1. The van der Waals surface area contributed by atoms with E-state index in [2.05, 4.69) is 59.8 Å². The van der Waals surface area contributed by atoms with E-state index in [-0.39, 0.29) is 11.2 Å².